The van der Waals surface area contributed by atoms with Gasteiger partial charge in [0, 0.05) is 28.7 Å². The summed E-state index contributed by atoms with van der Waals surface area (Å²) >= 11 is 1.79. The number of fused-ring (bicyclic) bond motifs is 2. The van der Waals surface area contributed by atoms with Crippen molar-refractivity contribution in [3.8, 4) is 0 Å². The predicted molar refractivity (Wildman–Crippen MR) is 128 cm³/mol. The van der Waals surface area contributed by atoms with E-state index in [-0.39, 0.29) is 0 Å². The summed E-state index contributed by atoms with van der Waals surface area (Å²) in [7, 11) is 0. The number of amides is 1. The molecule has 2 atom stereocenters. The average molecular weight is 459 g/mol. The van der Waals surface area contributed by atoms with Crippen LogP contribution in [0, 0.1) is 6.92 Å². The number of nitrogens with one attached hydrogen (secondary N) is 1. The lowest BCUT2D eigenvalue weighted by atomic mass is 10.1. The number of aromatic nitrogens is 2. The Balaban J connectivity index is 1.57. The van der Waals surface area contributed by atoms with Crippen LogP contribution in [0.2, 0.25) is 0 Å². The summed E-state index contributed by atoms with van der Waals surface area (Å²) in [5.41, 5.74) is 2.62. The maximum atomic E-state index is 12.4. The predicted octanol–water partition coefficient (Wildman–Crippen LogP) is 4.91. The summed E-state index contributed by atoms with van der Waals surface area (Å²) in [6, 6.07) is 4.89. The molecule has 4 rings (SSSR count). The second-order valence-corrected chi connectivity index (χ2v) is 10.8. The van der Waals surface area contributed by atoms with Crippen LogP contribution >= 0.6 is 11.3 Å². The fourth-order valence-corrected chi connectivity index (χ4v) is 5.54. The number of morpholine rings is 1. The van der Waals surface area contributed by atoms with Gasteiger partial charge < -0.3 is 14.4 Å². The summed E-state index contributed by atoms with van der Waals surface area (Å²) < 4.78 is 11.2. The van der Waals surface area contributed by atoms with E-state index in [4.69, 9.17) is 19.4 Å². The highest BCUT2D eigenvalue weighted by Crippen LogP contribution is 2.35. The number of hydrogen-bond acceptors (Lipinski definition) is 7. The minimum atomic E-state index is -0.562. The van der Waals surface area contributed by atoms with E-state index in [0.29, 0.717) is 17.9 Å². The molecule has 0 aliphatic carbocycles. The van der Waals surface area contributed by atoms with Gasteiger partial charge in [0.25, 0.3) is 0 Å². The summed E-state index contributed by atoms with van der Waals surface area (Å²) in [5, 5.41) is 3.98. The molecule has 2 bridgehead atoms. The SMILES string of the molecule is CCc1sc(CCc2cc(N3C4CCC3COC4)cc(NC(=O)OC(C)(C)C)n2)nc1C. The molecule has 2 unspecified atom stereocenters. The molecular weight excluding hydrogens is 424 g/mol. The average Bonchev–Trinajstić information content (AvgIpc) is 3.20. The third-order valence-electron chi connectivity index (χ3n) is 5.88. The molecule has 7 nitrogen and oxygen atoms in total. The zero-order chi connectivity index (χ0) is 22.9. The third kappa shape index (κ3) is 5.41. The number of pyridine rings is 1. The van der Waals surface area contributed by atoms with E-state index in [1.165, 1.54) is 4.88 Å². The van der Waals surface area contributed by atoms with Crippen LogP contribution in [-0.2, 0) is 28.7 Å². The van der Waals surface area contributed by atoms with Gasteiger partial charge >= 0.3 is 6.09 Å². The van der Waals surface area contributed by atoms with Crippen molar-refractivity contribution in [3.63, 3.8) is 0 Å². The molecule has 2 aliphatic heterocycles. The molecule has 2 aromatic rings. The highest BCUT2D eigenvalue weighted by atomic mass is 32.1. The molecule has 2 aromatic heterocycles. The van der Waals surface area contributed by atoms with E-state index in [9.17, 15) is 4.79 Å². The lowest BCUT2D eigenvalue weighted by Crippen LogP contribution is -2.46. The summed E-state index contributed by atoms with van der Waals surface area (Å²) in [5.74, 6) is 0.530. The third-order valence-corrected chi connectivity index (χ3v) is 7.25. The Kier molecular flexibility index (Phi) is 6.72. The number of ether oxygens (including phenoxy) is 2. The van der Waals surface area contributed by atoms with E-state index in [1.54, 1.807) is 11.3 Å². The highest BCUT2D eigenvalue weighted by Gasteiger charge is 2.37. The highest BCUT2D eigenvalue weighted by molar-refractivity contribution is 7.11. The van der Waals surface area contributed by atoms with Gasteiger partial charge in [-0.1, -0.05) is 6.92 Å². The van der Waals surface area contributed by atoms with Gasteiger partial charge in [-0.05, 0) is 59.4 Å². The zero-order valence-corrected chi connectivity index (χ0v) is 20.6. The number of nitrogens with zero attached hydrogens (tertiary/aromatic N) is 3. The van der Waals surface area contributed by atoms with Crippen LogP contribution in [0.25, 0.3) is 0 Å². The summed E-state index contributed by atoms with van der Waals surface area (Å²) in [6.45, 7) is 11.3. The van der Waals surface area contributed by atoms with Crippen molar-refractivity contribution in [1.29, 1.82) is 0 Å². The van der Waals surface area contributed by atoms with Gasteiger partial charge in [-0.2, -0.15) is 0 Å². The van der Waals surface area contributed by atoms with Crippen molar-refractivity contribution in [1.82, 2.24) is 9.97 Å². The number of anilines is 2. The van der Waals surface area contributed by atoms with Crippen LogP contribution in [0.3, 0.4) is 0 Å². The number of carbonyl (C=O) groups is 1. The Hall–Kier alpha value is -2.19. The monoisotopic (exact) mass is 458 g/mol. The fourth-order valence-electron chi connectivity index (χ4n) is 4.53. The van der Waals surface area contributed by atoms with Crippen molar-refractivity contribution < 1.29 is 14.3 Å². The first-order chi connectivity index (χ1) is 15.2. The number of rotatable bonds is 6. The van der Waals surface area contributed by atoms with Crippen molar-refractivity contribution >= 4 is 28.9 Å². The van der Waals surface area contributed by atoms with Gasteiger partial charge in [-0.15, -0.1) is 11.3 Å². The first-order valence-electron chi connectivity index (χ1n) is 11.5. The zero-order valence-electron chi connectivity index (χ0n) is 19.7. The summed E-state index contributed by atoms with van der Waals surface area (Å²) in [6.07, 6.45) is 4.41. The van der Waals surface area contributed by atoms with Gasteiger partial charge in [0.2, 0.25) is 0 Å². The quantitative estimate of drug-likeness (QED) is 0.663. The first-order valence-corrected chi connectivity index (χ1v) is 12.4. The largest absolute Gasteiger partial charge is 0.444 e. The normalized spacial score (nSPS) is 20.5. The Morgan fingerprint density at radius 2 is 1.94 bits per heavy atom. The molecule has 0 spiro atoms. The molecule has 32 heavy (non-hydrogen) atoms. The van der Waals surface area contributed by atoms with Crippen LogP contribution in [0.15, 0.2) is 12.1 Å². The van der Waals surface area contributed by atoms with Crippen LogP contribution in [0.1, 0.15) is 61.8 Å². The Morgan fingerprint density at radius 3 is 2.56 bits per heavy atom. The van der Waals surface area contributed by atoms with E-state index >= 15 is 0 Å². The minimum Gasteiger partial charge on any atom is -0.444 e. The number of aryl methyl sites for hydroxylation is 4. The number of carbonyl (C=O) groups excluding carboxylic acids is 1. The molecule has 0 radical (unpaired) electrons. The molecule has 1 N–H and O–H groups in total. The minimum absolute atomic E-state index is 0.382. The van der Waals surface area contributed by atoms with Crippen molar-refractivity contribution in [3.05, 3.63) is 33.4 Å². The van der Waals surface area contributed by atoms with Crippen molar-refractivity contribution in [2.24, 2.45) is 0 Å². The molecule has 174 valence electrons. The van der Waals surface area contributed by atoms with Gasteiger partial charge in [0.15, 0.2) is 0 Å². The number of thiazole rings is 1. The molecule has 0 saturated carbocycles. The fraction of sp³-hybridized carbons (Fsp3) is 0.625. The van der Waals surface area contributed by atoms with Crippen molar-refractivity contribution in [2.75, 3.05) is 23.4 Å². The molecule has 4 heterocycles. The molecule has 1 amide bonds. The van der Waals surface area contributed by atoms with Gasteiger partial charge in [-0.3, -0.25) is 5.32 Å². The maximum Gasteiger partial charge on any atom is 0.413 e. The molecular formula is C24H34N4O3S. The van der Waals surface area contributed by atoms with E-state index < -0.39 is 11.7 Å². The molecule has 8 heteroatoms. The molecule has 0 aromatic carbocycles. The second kappa shape index (κ2) is 9.35. The molecule has 2 fully saturated rings. The van der Waals surface area contributed by atoms with Crippen LogP contribution in [-0.4, -0.2) is 47.0 Å². The summed E-state index contributed by atoms with van der Waals surface area (Å²) in [4.78, 5) is 25.7. The maximum absolute atomic E-state index is 12.4. The van der Waals surface area contributed by atoms with E-state index in [2.05, 4.69) is 30.1 Å². The Morgan fingerprint density at radius 1 is 1.22 bits per heavy atom. The standard InChI is InChI=1S/C24H34N4O3S/c1-6-20-15(2)25-22(32-20)10-7-16-11-19(28-17-8-9-18(28)14-30-13-17)12-21(26-16)27-23(29)31-24(3,4)5/h11-12,17-18H,6-10,13-14H2,1-5H3,(H,26,27,29). The molecule has 2 saturated heterocycles. The first kappa shape index (κ1) is 23.0. The lowest BCUT2D eigenvalue weighted by Gasteiger charge is -2.37. The topological polar surface area (TPSA) is 76.6 Å². The second-order valence-electron chi connectivity index (χ2n) is 9.63. The van der Waals surface area contributed by atoms with Crippen LogP contribution in [0.5, 0.6) is 0 Å². The van der Waals surface area contributed by atoms with Gasteiger partial charge in [-0.25, -0.2) is 14.8 Å². The number of hydrogen-bond donors (Lipinski definition) is 1. The van der Waals surface area contributed by atoms with Crippen LogP contribution < -0.4 is 10.2 Å². The Bertz CT molecular complexity index is 953. The van der Waals surface area contributed by atoms with Gasteiger partial charge in [0.1, 0.15) is 11.4 Å². The van der Waals surface area contributed by atoms with Crippen LogP contribution in [0.4, 0.5) is 16.3 Å². The Labute approximate surface area is 194 Å². The molecule has 2 aliphatic rings. The van der Waals surface area contributed by atoms with Gasteiger partial charge in [0.05, 0.1) is 36.0 Å². The van der Waals surface area contributed by atoms with E-state index in [1.807, 2.05) is 26.8 Å². The van der Waals surface area contributed by atoms with Crippen molar-refractivity contribution in [2.45, 2.75) is 84.4 Å². The van der Waals surface area contributed by atoms with E-state index in [0.717, 1.165) is 67.4 Å². The lowest BCUT2D eigenvalue weighted by molar-refractivity contribution is 0.0635. The smallest absolute Gasteiger partial charge is 0.413 e.